The number of nitrogens with zero attached hydrogens (tertiary/aromatic N) is 4. The first-order valence-corrected chi connectivity index (χ1v) is 8.21. The minimum absolute atomic E-state index is 0.229. The summed E-state index contributed by atoms with van der Waals surface area (Å²) < 4.78 is 0. The van der Waals surface area contributed by atoms with Gasteiger partial charge < -0.3 is 9.80 Å². The maximum Gasteiger partial charge on any atom is 0.228 e. The predicted octanol–water partition coefficient (Wildman–Crippen LogP) is 2.71. The average molecular weight is 312 g/mol. The van der Waals surface area contributed by atoms with Gasteiger partial charge in [0.1, 0.15) is 12.1 Å². The third-order valence-electron chi connectivity index (χ3n) is 4.25. The van der Waals surface area contributed by atoms with E-state index in [0.29, 0.717) is 0 Å². The van der Waals surface area contributed by atoms with E-state index >= 15 is 0 Å². The molecule has 1 aliphatic rings. The highest BCUT2D eigenvalue weighted by Crippen LogP contribution is 2.24. The van der Waals surface area contributed by atoms with E-state index in [1.807, 2.05) is 43.9 Å². The van der Waals surface area contributed by atoms with Gasteiger partial charge in [0.05, 0.1) is 5.52 Å². The highest BCUT2D eigenvalue weighted by atomic mass is 16.2. The van der Waals surface area contributed by atoms with Crippen molar-refractivity contribution in [3.8, 4) is 0 Å². The highest BCUT2D eigenvalue weighted by molar-refractivity contribution is 5.89. The Bertz CT molecular complexity index is 702. The zero-order chi connectivity index (χ0) is 16.4. The van der Waals surface area contributed by atoms with Crippen LogP contribution in [0.15, 0.2) is 30.6 Å². The number of fused-ring (bicyclic) bond motifs is 1. The summed E-state index contributed by atoms with van der Waals surface area (Å²) in [4.78, 5) is 25.6. The molecule has 1 saturated heterocycles. The van der Waals surface area contributed by atoms with Crippen LogP contribution in [0.4, 0.5) is 5.82 Å². The second-order valence-electron chi connectivity index (χ2n) is 7.10. The summed E-state index contributed by atoms with van der Waals surface area (Å²) in [5, 5.41) is 1.07. The van der Waals surface area contributed by atoms with Gasteiger partial charge in [0.25, 0.3) is 0 Å². The van der Waals surface area contributed by atoms with Crippen molar-refractivity contribution in [3.63, 3.8) is 0 Å². The van der Waals surface area contributed by atoms with Crippen LogP contribution < -0.4 is 4.90 Å². The van der Waals surface area contributed by atoms with Gasteiger partial charge in [0, 0.05) is 37.0 Å². The lowest BCUT2D eigenvalue weighted by Gasteiger charge is -2.28. The SMILES string of the molecule is CC(C)(C)C(=O)N1CCCN(c2ncnc3ccccc23)CC1. The Morgan fingerprint density at radius 2 is 1.83 bits per heavy atom. The lowest BCUT2D eigenvalue weighted by molar-refractivity contribution is -0.139. The average Bonchev–Trinajstić information content (AvgIpc) is 2.78. The molecule has 23 heavy (non-hydrogen) atoms. The molecule has 5 nitrogen and oxygen atoms in total. The van der Waals surface area contributed by atoms with E-state index < -0.39 is 0 Å². The van der Waals surface area contributed by atoms with Crippen LogP contribution in [0.2, 0.25) is 0 Å². The number of anilines is 1. The molecule has 1 aromatic carbocycles. The van der Waals surface area contributed by atoms with Crippen LogP contribution in [-0.2, 0) is 4.79 Å². The predicted molar refractivity (Wildman–Crippen MR) is 92.4 cm³/mol. The van der Waals surface area contributed by atoms with E-state index in [1.54, 1.807) is 6.33 Å². The molecule has 2 heterocycles. The van der Waals surface area contributed by atoms with Crippen molar-refractivity contribution in [3.05, 3.63) is 30.6 Å². The quantitative estimate of drug-likeness (QED) is 0.812. The topological polar surface area (TPSA) is 49.3 Å². The Kier molecular flexibility index (Phi) is 4.20. The molecule has 0 atom stereocenters. The molecule has 3 rings (SSSR count). The normalized spacial score (nSPS) is 16.5. The molecule has 0 radical (unpaired) electrons. The van der Waals surface area contributed by atoms with Gasteiger partial charge in [-0.2, -0.15) is 0 Å². The van der Waals surface area contributed by atoms with Crippen molar-refractivity contribution in [2.24, 2.45) is 5.41 Å². The number of benzene rings is 1. The first-order valence-electron chi connectivity index (χ1n) is 8.21. The van der Waals surface area contributed by atoms with Crippen LogP contribution in [0.25, 0.3) is 10.9 Å². The minimum Gasteiger partial charge on any atom is -0.354 e. The first-order chi connectivity index (χ1) is 11.0. The molecule has 1 fully saturated rings. The maximum absolute atomic E-state index is 12.5. The molecule has 0 unspecified atom stereocenters. The van der Waals surface area contributed by atoms with Crippen molar-refractivity contribution >= 4 is 22.6 Å². The van der Waals surface area contributed by atoms with Crippen LogP contribution in [0.3, 0.4) is 0 Å². The summed E-state index contributed by atoms with van der Waals surface area (Å²) >= 11 is 0. The van der Waals surface area contributed by atoms with Crippen LogP contribution in [0, 0.1) is 5.41 Å². The van der Waals surface area contributed by atoms with E-state index in [9.17, 15) is 4.79 Å². The molecule has 0 spiro atoms. The molecule has 1 amide bonds. The largest absolute Gasteiger partial charge is 0.354 e. The summed E-state index contributed by atoms with van der Waals surface area (Å²) in [5.74, 6) is 1.20. The van der Waals surface area contributed by atoms with Crippen LogP contribution in [-0.4, -0.2) is 47.0 Å². The highest BCUT2D eigenvalue weighted by Gasteiger charge is 2.29. The maximum atomic E-state index is 12.5. The first kappa shape index (κ1) is 15.7. The van der Waals surface area contributed by atoms with Crippen LogP contribution >= 0.6 is 0 Å². The van der Waals surface area contributed by atoms with Crippen LogP contribution in [0.1, 0.15) is 27.2 Å². The molecular weight excluding hydrogens is 288 g/mol. The molecular formula is C18H24N4O. The van der Waals surface area contributed by atoms with Gasteiger partial charge >= 0.3 is 0 Å². The van der Waals surface area contributed by atoms with Crippen molar-refractivity contribution < 1.29 is 4.79 Å². The van der Waals surface area contributed by atoms with Crippen LogP contribution in [0.5, 0.6) is 0 Å². The fraction of sp³-hybridized carbons (Fsp3) is 0.500. The zero-order valence-electron chi connectivity index (χ0n) is 14.1. The zero-order valence-corrected chi connectivity index (χ0v) is 14.1. The Morgan fingerprint density at radius 1 is 1.04 bits per heavy atom. The van der Waals surface area contributed by atoms with E-state index in [4.69, 9.17) is 0 Å². The van der Waals surface area contributed by atoms with E-state index in [-0.39, 0.29) is 11.3 Å². The standard InChI is InChI=1S/C18H24N4O/c1-18(2,3)17(23)22-10-6-9-21(11-12-22)16-14-7-4-5-8-15(14)19-13-20-16/h4-5,7-8,13H,6,9-12H2,1-3H3. The molecule has 1 aliphatic heterocycles. The molecule has 2 aromatic rings. The molecule has 5 heteroatoms. The monoisotopic (exact) mass is 312 g/mol. The Labute approximate surface area is 137 Å². The van der Waals surface area contributed by atoms with Crippen molar-refractivity contribution in [2.75, 3.05) is 31.1 Å². The van der Waals surface area contributed by atoms with Gasteiger partial charge in [-0.1, -0.05) is 32.9 Å². The van der Waals surface area contributed by atoms with Gasteiger partial charge in [-0.3, -0.25) is 4.79 Å². The summed E-state index contributed by atoms with van der Waals surface area (Å²) in [6.45, 7) is 9.23. The molecule has 0 saturated carbocycles. The molecule has 0 bridgehead atoms. The molecule has 1 aromatic heterocycles. The van der Waals surface area contributed by atoms with Gasteiger partial charge in [0.15, 0.2) is 0 Å². The van der Waals surface area contributed by atoms with E-state index in [1.165, 1.54) is 0 Å². The summed E-state index contributed by atoms with van der Waals surface area (Å²) in [5.41, 5.74) is 0.640. The third-order valence-corrected chi connectivity index (χ3v) is 4.25. The number of amides is 1. The number of para-hydroxylation sites is 1. The molecule has 0 N–H and O–H groups in total. The van der Waals surface area contributed by atoms with Gasteiger partial charge in [-0.25, -0.2) is 9.97 Å². The van der Waals surface area contributed by atoms with E-state index in [0.717, 1.165) is 49.3 Å². The smallest absolute Gasteiger partial charge is 0.228 e. The second kappa shape index (κ2) is 6.14. The summed E-state index contributed by atoms with van der Waals surface area (Å²) in [7, 11) is 0. The minimum atomic E-state index is -0.323. The van der Waals surface area contributed by atoms with Gasteiger partial charge in [-0.15, -0.1) is 0 Å². The fourth-order valence-electron chi connectivity index (χ4n) is 3.05. The van der Waals surface area contributed by atoms with Gasteiger partial charge in [-0.05, 0) is 18.6 Å². The Morgan fingerprint density at radius 3 is 2.61 bits per heavy atom. The number of carbonyl (C=O) groups excluding carboxylic acids is 1. The second-order valence-corrected chi connectivity index (χ2v) is 7.10. The summed E-state index contributed by atoms with van der Waals surface area (Å²) in [6, 6.07) is 8.08. The fourth-order valence-corrected chi connectivity index (χ4v) is 3.05. The number of hydrogen-bond acceptors (Lipinski definition) is 4. The number of aromatic nitrogens is 2. The number of rotatable bonds is 1. The third kappa shape index (κ3) is 3.28. The Balaban J connectivity index is 1.81. The Hall–Kier alpha value is -2.17. The lowest BCUT2D eigenvalue weighted by Crippen LogP contribution is -2.41. The summed E-state index contributed by atoms with van der Waals surface area (Å²) in [6.07, 6.45) is 2.58. The van der Waals surface area contributed by atoms with Gasteiger partial charge in [0.2, 0.25) is 5.91 Å². The number of hydrogen-bond donors (Lipinski definition) is 0. The molecule has 122 valence electrons. The number of carbonyl (C=O) groups is 1. The lowest BCUT2D eigenvalue weighted by atomic mass is 9.94. The van der Waals surface area contributed by atoms with Crippen molar-refractivity contribution in [1.82, 2.24) is 14.9 Å². The van der Waals surface area contributed by atoms with E-state index in [2.05, 4.69) is 20.9 Å². The molecule has 0 aliphatic carbocycles. The van der Waals surface area contributed by atoms with Crippen molar-refractivity contribution in [1.29, 1.82) is 0 Å². The van der Waals surface area contributed by atoms with Crippen molar-refractivity contribution in [2.45, 2.75) is 27.2 Å².